The molecule has 2 aliphatic heterocycles. The summed E-state index contributed by atoms with van der Waals surface area (Å²) in [6, 6.07) is 16.0. The van der Waals surface area contributed by atoms with Crippen molar-refractivity contribution >= 4 is 28.6 Å². The van der Waals surface area contributed by atoms with Crippen LogP contribution in [0.4, 0.5) is 4.39 Å². The summed E-state index contributed by atoms with van der Waals surface area (Å²) in [6.07, 6.45) is 2.00. The second-order valence-corrected chi connectivity index (χ2v) is 10.2. The maximum absolute atomic E-state index is 14.2. The van der Waals surface area contributed by atoms with Crippen molar-refractivity contribution in [3.63, 3.8) is 0 Å². The van der Waals surface area contributed by atoms with Crippen LogP contribution in [0.25, 0.3) is 11.0 Å². The summed E-state index contributed by atoms with van der Waals surface area (Å²) in [5.74, 6) is 0.166. The molecule has 1 atom stereocenters. The smallest absolute Gasteiger partial charge is 0.335 e. The van der Waals surface area contributed by atoms with Gasteiger partial charge in [-0.25, -0.2) is 14.2 Å². The van der Waals surface area contributed by atoms with Crippen LogP contribution in [0, 0.1) is 5.82 Å². The third kappa shape index (κ3) is 4.99. The molecule has 0 unspecified atom stereocenters. The molecule has 7 nitrogen and oxygen atoms in total. The predicted octanol–water partition coefficient (Wildman–Crippen LogP) is 5.45. The van der Waals surface area contributed by atoms with Gasteiger partial charge in [0.2, 0.25) is 0 Å². The molecule has 2 aliphatic rings. The predicted molar refractivity (Wildman–Crippen MR) is 141 cm³/mol. The minimum atomic E-state index is -0.954. The van der Waals surface area contributed by atoms with Gasteiger partial charge >= 0.3 is 5.97 Å². The molecule has 1 saturated heterocycles. The van der Waals surface area contributed by atoms with E-state index < -0.39 is 11.8 Å². The van der Waals surface area contributed by atoms with Crippen LogP contribution in [-0.2, 0) is 37.4 Å². The molecule has 0 spiro atoms. The monoisotopic (exact) mass is 535 g/mol. The Labute approximate surface area is 224 Å². The molecule has 3 heterocycles. The summed E-state index contributed by atoms with van der Waals surface area (Å²) in [7, 11) is 0. The van der Waals surface area contributed by atoms with E-state index in [9.17, 15) is 14.3 Å². The van der Waals surface area contributed by atoms with Crippen LogP contribution in [0.2, 0.25) is 5.02 Å². The second kappa shape index (κ2) is 10.4. The Hall–Kier alpha value is -3.46. The van der Waals surface area contributed by atoms with Gasteiger partial charge in [-0.15, -0.1) is 0 Å². The number of imidazole rings is 1. The first kappa shape index (κ1) is 24.9. The molecule has 0 amide bonds. The first-order valence-electron chi connectivity index (χ1n) is 12.7. The fourth-order valence-corrected chi connectivity index (χ4v) is 5.29. The lowest BCUT2D eigenvalue weighted by Crippen LogP contribution is -2.34. The number of rotatable bonds is 8. The topological polar surface area (TPSA) is 76.8 Å². The number of aromatic nitrogens is 2. The van der Waals surface area contributed by atoms with E-state index in [4.69, 9.17) is 26.1 Å². The Bertz CT molecular complexity index is 1520. The van der Waals surface area contributed by atoms with Gasteiger partial charge in [0.15, 0.2) is 0 Å². The summed E-state index contributed by atoms with van der Waals surface area (Å²) in [5, 5.41) is 9.57. The van der Waals surface area contributed by atoms with Crippen LogP contribution in [0.1, 0.15) is 39.3 Å². The number of aromatic carboxylic acids is 1. The molecule has 1 N–H and O–H groups in total. The van der Waals surface area contributed by atoms with Gasteiger partial charge in [-0.3, -0.25) is 4.90 Å². The Balaban J connectivity index is 1.21. The van der Waals surface area contributed by atoms with E-state index in [0.29, 0.717) is 24.4 Å². The molecule has 1 fully saturated rings. The van der Waals surface area contributed by atoms with Crippen LogP contribution >= 0.6 is 11.6 Å². The lowest BCUT2D eigenvalue weighted by atomic mass is 9.99. The molecule has 4 aromatic rings. The number of carboxylic acid groups (broad SMARTS) is 1. The van der Waals surface area contributed by atoms with Gasteiger partial charge in [0.1, 0.15) is 24.0 Å². The van der Waals surface area contributed by atoms with Crippen LogP contribution in [0.3, 0.4) is 0 Å². The first-order chi connectivity index (χ1) is 18.4. The third-order valence-electron chi connectivity index (χ3n) is 7.31. The van der Waals surface area contributed by atoms with Crippen LogP contribution in [-0.4, -0.2) is 44.8 Å². The van der Waals surface area contributed by atoms with Crippen molar-refractivity contribution < 1.29 is 23.8 Å². The largest absolute Gasteiger partial charge is 0.489 e. The Morgan fingerprint density at radius 3 is 2.84 bits per heavy atom. The molecule has 3 aromatic carbocycles. The molecule has 9 heteroatoms. The number of ether oxygens (including phenoxy) is 2. The SMILES string of the molecule is O=C(O)c1ccc2nc(CN3CCc4ccc(OCc5cccc(Cl)c5F)cc4C3)n(C[C@@H]3CCO3)c2c1. The van der Waals surface area contributed by atoms with E-state index in [2.05, 4.69) is 15.5 Å². The van der Waals surface area contributed by atoms with E-state index >= 15 is 0 Å². The molecule has 0 bridgehead atoms. The molecule has 196 valence electrons. The summed E-state index contributed by atoms with van der Waals surface area (Å²) in [5.41, 5.74) is 4.69. The normalized spacial score (nSPS) is 17.3. The summed E-state index contributed by atoms with van der Waals surface area (Å²) in [4.78, 5) is 18.8. The third-order valence-corrected chi connectivity index (χ3v) is 7.61. The van der Waals surface area contributed by atoms with Gasteiger partial charge in [0, 0.05) is 25.3 Å². The van der Waals surface area contributed by atoms with E-state index in [1.807, 2.05) is 12.1 Å². The van der Waals surface area contributed by atoms with Crippen molar-refractivity contribution in [2.24, 2.45) is 0 Å². The Morgan fingerprint density at radius 2 is 2.05 bits per heavy atom. The highest BCUT2D eigenvalue weighted by atomic mass is 35.5. The molecule has 38 heavy (non-hydrogen) atoms. The minimum Gasteiger partial charge on any atom is -0.489 e. The van der Waals surface area contributed by atoms with Crippen LogP contribution in [0.15, 0.2) is 54.6 Å². The summed E-state index contributed by atoms with van der Waals surface area (Å²) in [6.45, 7) is 3.73. The van der Waals surface area contributed by atoms with Gasteiger partial charge in [-0.2, -0.15) is 0 Å². The van der Waals surface area contributed by atoms with Crippen molar-refractivity contribution in [3.8, 4) is 5.75 Å². The Kier molecular flexibility index (Phi) is 6.78. The summed E-state index contributed by atoms with van der Waals surface area (Å²) < 4.78 is 27.9. The zero-order valence-corrected chi connectivity index (χ0v) is 21.5. The average Bonchev–Trinajstić information content (AvgIpc) is 3.22. The van der Waals surface area contributed by atoms with Crippen molar-refractivity contribution in [1.82, 2.24) is 14.5 Å². The molecule has 0 radical (unpaired) electrons. The Morgan fingerprint density at radius 1 is 1.18 bits per heavy atom. The molecular weight excluding hydrogens is 509 g/mol. The van der Waals surface area contributed by atoms with Crippen molar-refractivity contribution in [2.45, 2.75) is 45.2 Å². The number of halogens is 2. The lowest BCUT2D eigenvalue weighted by Gasteiger charge is -2.30. The maximum Gasteiger partial charge on any atom is 0.335 e. The number of hydrogen-bond donors (Lipinski definition) is 1. The number of carbonyl (C=O) groups is 1. The molecule has 0 aliphatic carbocycles. The standard InChI is InChI=1S/C29H27ClFN3O4/c30-24-3-1-2-20(28(24)31)17-38-22-6-4-18-8-10-33(14-21(18)12-22)16-27-32-25-7-5-19(29(35)36)13-26(25)34(27)15-23-9-11-37-23/h1-7,12-13,23H,8-11,14-17H2,(H,35,36)/t23-/m0/s1. The molecular formula is C29H27ClFN3O4. The van der Waals surface area contributed by atoms with Gasteiger partial charge in [0.25, 0.3) is 0 Å². The fourth-order valence-electron chi connectivity index (χ4n) is 5.10. The number of fused-ring (bicyclic) bond motifs is 2. The number of benzene rings is 3. The molecule has 6 rings (SSSR count). The maximum atomic E-state index is 14.2. The van der Waals surface area contributed by atoms with E-state index in [0.717, 1.165) is 49.4 Å². The quantitative estimate of drug-likeness (QED) is 0.323. The van der Waals surface area contributed by atoms with E-state index in [-0.39, 0.29) is 23.3 Å². The lowest BCUT2D eigenvalue weighted by molar-refractivity contribution is -0.0592. The number of hydrogen-bond acceptors (Lipinski definition) is 5. The number of carboxylic acids is 1. The van der Waals surface area contributed by atoms with Crippen LogP contribution in [0.5, 0.6) is 5.75 Å². The highest BCUT2D eigenvalue weighted by molar-refractivity contribution is 6.30. The highest BCUT2D eigenvalue weighted by Crippen LogP contribution is 2.28. The van der Waals surface area contributed by atoms with Crippen molar-refractivity contribution in [3.05, 3.63) is 93.5 Å². The van der Waals surface area contributed by atoms with Crippen molar-refractivity contribution in [2.75, 3.05) is 13.2 Å². The minimum absolute atomic E-state index is 0.0845. The van der Waals surface area contributed by atoms with E-state index in [1.54, 1.807) is 30.3 Å². The van der Waals surface area contributed by atoms with Gasteiger partial charge in [-0.05, 0) is 60.4 Å². The second-order valence-electron chi connectivity index (χ2n) is 9.82. The average molecular weight is 536 g/mol. The molecule has 0 saturated carbocycles. The summed E-state index contributed by atoms with van der Waals surface area (Å²) >= 11 is 5.89. The van der Waals surface area contributed by atoms with Gasteiger partial charge < -0.3 is 19.1 Å². The zero-order valence-electron chi connectivity index (χ0n) is 20.7. The van der Waals surface area contributed by atoms with Gasteiger partial charge in [0.05, 0.1) is 40.8 Å². The zero-order chi connectivity index (χ0) is 26.2. The highest BCUT2D eigenvalue weighted by Gasteiger charge is 2.25. The van der Waals surface area contributed by atoms with Crippen LogP contribution < -0.4 is 4.74 Å². The van der Waals surface area contributed by atoms with Gasteiger partial charge in [-0.1, -0.05) is 29.8 Å². The fraction of sp³-hybridized carbons (Fsp3) is 0.310. The van der Waals surface area contributed by atoms with E-state index in [1.165, 1.54) is 17.2 Å². The van der Waals surface area contributed by atoms with Crippen molar-refractivity contribution in [1.29, 1.82) is 0 Å². The molecule has 1 aromatic heterocycles. The first-order valence-corrected chi connectivity index (χ1v) is 13.1. The number of nitrogens with zero attached hydrogens (tertiary/aromatic N) is 3.